The Morgan fingerprint density at radius 1 is 1.03 bits per heavy atom. The number of carbonyl (C=O) groups excluding carboxylic acids is 2. The van der Waals surface area contributed by atoms with Crippen molar-refractivity contribution in [2.45, 2.75) is 39.2 Å². The summed E-state index contributed by atoms with van der Waals surface area (Å²) in [5.41, 5.74) is 5.69. The molecule has 0 spiro atoms. The van der Waals surface area contributed by atoms with Gasteiger partial charge >= 0.3 is 12.0 Å². The Morgan fingerprint density at radius 2 is 1.66 bits per heavy atom. The van der Waals surface area contributed by atoms with Crippen molar-refractivity contribution in [2.24, 2.45) is 0 Å². The maximum atomic E-state index is 13.0. The van der Waals surface area contributed by atoms with Crippen LogP contribution in [0.2, 0.25) is 0 Å². The number of amides is 2. The molecule has 0 unspecified atom stereocenters. The van der Waals surface area contributed by atoms with Gasteiger partial charge in [0.25, 0.3) is 0 Å². The molecule has 0 radical (unpaired) electrons. The fourth-order valence-corrected chi connectivity index (χ4v) is 4.51. The molecule has 168 valence electrons. The highest BCUT2D eigenvalue weighted by Crippen LogP contribution is 2.31. The van der Waals surface area contributed by atoms with Gasteiger partial charge in [-0.2, -0.15) is 0 Å². The molecule has 2 atom stereocenters. The molecular formula is C26H31N3O3. The largest absolute Gasteiger partial charge is 0.463 e. The highest BCUT2D eigenvalue weighted by molar-refractivity contribution is 5.95. The van der Waals surface area contributed by atoms with Crippen LogP contribution < -0.4 is 10.6 Å². The standard InChI is InChI=1S/C26H31N3O3/c1-4-32-25(30)23-22(27-26(31)28-24(23)20-11-7-18(3)8-12-20)16-29-14-13-21(15-29)19-9-5-17(2)6-10-19/h5-12,21,24H,4,13-16H2,1-3H3,(H2,27,28,31)/t21-,24+/m1/s1. The predicted molar refractivity (Wildman–Crippen MR) is 124 cm³/mol. The highest BCUT2D eigenvalue weighted by atomic mass is 16.5. The van der Waals surface area contributed by atoms with Gasteiger partial charge in [-0.3, -0.25) is 4.90 Å². The lowest BCUT2D eigenvalue weighted by atomic mass is 9.94. The van der Waals surface area contributed by atoms with Crippen molar-refractivity contribution < 1.29 is 14.3 Å². The van der Waals surface area contributed by atoms with E-state index in [4.69, 9.17) is 4.74 Å². The van der Waals surface area contributed by atoms with Crippen LogP contribution in [0.4, 0.5) is 4.79 Å². The zero-order valence-corrected chi connectivity index (χ0v) is 19.0. The van der Waals surface area contributed by atoms with Gasteiger partial charge in [0.1, 0.15) is 0 Å². The molecule has 6 nitrogen and oxygen atoms in total. The summed E-state index contributed by atoms with van der Waals surface area (Å²) in [6.45, 7) is 8.49. The van der Waals surface area contributed by atoms with Gasteiger partial charge in [-0.25, -0.2) is 9.59 Å². The molecule has 2 N–H and O–H groups in total. The fraction of sp³-hybridized carbons (Fsp3) is 0.385. The summed E-state index contributed by atoms with van der Waals surface area (Å²) in [5.74, 6) is 0.0578. The number of aryl methyl sites for hydroxylation is 2. The number of urea groups is 1. The normalized spacial score (nSPS) is 21.3. The Labute approximate surface area is 189 Å². The fourth-order valence-electron chi connectivity index (χ4n) is 4.51. The minimum Gasteiger partial charge on any atom is -0.463 e. The van der Waals surface area contributed by atoms with E-state index in [0.717, 1.165) is 30.6 Å². The van der Waals surface area contributed by atoms with Crippen LogP contribution in [0, 0.1) is 13.8 Å². The van der Waals surface area contributed by atoms with Crippen LogP contribution in [0.5, 0.6) is 0 Å². The minimum absolute atomic E-state index is 0.281. The maximum absolute atomic E-state index is 13.0. The van der Waals surface area contributed by atoms with Crippen molar-refractivity contribution >= 4 is 12.0 Å². The summed E-state index contributed by atoms with van der Waals surface area (Å²) < 4.78 is 5.38. The molecule has 6 heteroatoms. The van der Waals surface area contributed by atoms with Gasteiger partial charge in [0.2, 0.25) is 0 Å². The molecule has 0 saturated carbocycles. The molecule has 0 bridgehead atoms. The van der Waals surface area contributed by atoms with Gasteiger partial charge < -0.3 is 15.4 Å². The van der Waals surface area contributed by atoms with Gasteiger partial charge in [0.15, 0.2) is 0 Å². The average molecular weight is 434 g/mol. The quantitative estimate of drug-likeness (QED) is 0.677. The van der Waals surface area contributed by atoms with E-state index in [1.54, 1.807) is 6.92 Å². The summed E-state index contributed by atoms with van der Waals surface area (Å²) in [6.07, 6.45) is 1.05. The lowest BCUT2D eigenvalue weighted by Crippen LogP contribution is -2.48. The van der Waals surface area contributed by atoms with E-state index in [-0.39, 0.29) is 12.6 Å². The van der Waals surface area contributed by atoms with E-state index in [0.29, 0.717) is 23.7 Å². The zero-order chi connectivity index (χ0) is 22.7. The van der Waals surface area contributed by atoms with E-state index < -0.39 is 12.0 Å². The number of nitrogens with one attached hydrogen (secondary N) is 2. The monoisotopic (exact) mass is 433 g/mol. The molecule has 2 amide bonds. The summed E-state index contributed by atoms with van der Waals surface area (Å²) in [7, 11) is 0. The number of ether oxygens (including phenoxy) is 1. The number of likely N-dealkylation sites (tertiary alicyclic amines) is 1. The lowest BCUT2D eigenvalue weighted by Gasteiger charge is -2.31. The molecule has 0 aliphatic carbocycles. The van der Waals surface area contributed by atoms with Crippen molar-refractivity contribution in [3.05, 3.63) is 82.1 Å². The number of hydrogen-bond donors (Lipinski definition) is 2. The van der Waals surface area contributed by atoms with Crippen LogP contribution >= 0.6 is 0 Å². The van der Waals surface area contributed by atoms with Crippen LogP contribution in [-0.4, -0.2) is 43.1 Å². The number of carbonyl (C=O) groups is 2. The molecule has 32 heavy (non-hydrogen) atoms. The van der Waals surface area contributed by atoms with Crippen molar-refractivity contribution in [1.29, 1.82) is 0 Å². The van der Waals surface area contributed by atoms with Crippen LogP contribution in [-0.2, 0) is 9.53 Å². The van der Waals surface area contributed by atoms with Gasteiger partial charge in [0, 0.05) is 18.8 Å². The molecule has 1 fully saturated rings. The van der Waals surface area contributed by atoms with Crippen LogP contribution in [0.3, 0.4) is 0 Å². The summed E-state index contributed by atoms with van der Waals surface area (Å²) in [4.78, 5) is 27.8. The van der Waals surface area contributed by atoms with Gasteiger partial charge in [-0.05, 0) is 50.8 Å². The van der Waals surface area contributed by atoms with E-state index in [9.17, 15) is 9.59 Å². The second-order valence-electron chi connectivity index (χ2n) is 8.69. The van der Waals surface area contributed by atoms with Gasteiger partial charge in [-0.15, -0.1) is 0 Å². The number of rotatable bonds is 6. The molecule has 0 aromatic heterocycles. The second-order valence-corrected chi connectivity index (χ2v) is 8.69. The topological polar surface area (TPSA) is 70.7 Å². The van der Waals surface area contributed by atoms with E-state index in [2.05, 4.69) is 46.7 Å². The average Bonchev–Trinajstić information content (AvgIpc) is 3.23. The minimum atomic E-state index is -0.533. The smallest absolute Gasteiger partial charge is 0.338 e. The first kappa shape index (κ1) is 22.1. The molecule has 1 saturated heterocycles. The molecular weight excluding hydrogens is 402 g/mol. The van der Waals surface area contributed by atoms with Gasteiger partial charge in [0.05, 0.1) is 18.2 Å². The zero-order valence-electron chi connectivity index (χ0n) is 19.0. The predicted octanol–water partition coefficient (Wildman–Crippen LogP) is 3.96. The number of nitrogens with zero attached hydrogens (tertiary/aromatic N) is 1. The van der Waals surface area contributed by atoms with E-state index in [1.807, 2.05) is 31.2 Å². The van der Waals surface area contributed by atoms with Crippen LogP contribution in [0.15, 0.2) is 59.8 Å². The first-order valence-electron chi connectivity index (χ1n) is 11.3. The first-order chi connectivity index (χ1) is 15.4. The van der Waals surface area contributed by atoms with E-state index >= 15 is 0 Å². The van der Waals surface area contributed by atoms with Crippen molar-refractivity contribution in [2.75, 3.05) is 26.2 Å². The Morgan fingerprint density at radius 3 is 2.28 bits per heavy atom. The first-order valence-corrected chi connectivity index (χ1v) is 11.3. The molecule has 2 aromatic carbocycles. The summed E-state index contributed by atoms with van der Waals surface area (Å²) in [6, 6.07) is 15.7. The number of hydrogen-bond acceptors (Lipinski definition) is 4. The Balaban J connectivity index is 1.60. The maximum Gasteiger partial charge on any atom is 0.338 e. The lowest BCUT2D eigenvalue weighted by molar-refractivity contribution is -0.139. The summed E-state index contributed by atoms with van der Waals surface area (Å²) in [5, 5.41) is 5.80. The SMILES string of the molecule is CCOC(=O)C1=C(CN2CC[C@@H](c3ccc(C)cc3)C2)NC(=O)N[C@H]1c1ccc(C)cc1. The molecule has 2 aliphatic heterocycles. The Hall–Kier alpha value is -3.12. The third-order valence-corrected chi connectivity index (χ3v) is 6.26. The third-order valence-electron chi connectivity index (χ3n) is 6.26. The Kier molecular flexibility index (Phi) is 6.61. The summed E-state index contributed by atoms with van der Waals surface area (Å²) >= 11 is 0. The molecule has 2 heterocycles. The van der Waals surface area contributed by atoms with Gasteiger partial charge in [-0.1, -0.05) is 59.7 Å². The van der Waals surface area contributed by atoms with Crippen molar-refractivity contribution in [3.63, 3.8) is 0 Å². The third kappa shape index (κ3) is 4.86. The molecule has 2 aliphatic rings. The van der Waals surface area contributed by atoms with E-state index in [1.165, 1.54) is 11.1 Å². The van der Waals surface area contributed by atoms with Crippen molar-refractivity contribution in [3.8, 4) is 0 Å². The highest BCUT2D eigenvalue weighted by Gasteiger charge is 2.35. The number of benzene rings is 2. The molecule has 4 rings (SSSR count). The second kappa shape index (κ2) is 9.57. The van der Waals surface area contributed by atoms with Crippen LogP contribution in [0.25, 0.3) is 0 Å². The molecule has 2 aromatic rings. The number of esters is 1. The Bertz CT molecular complexity index is 1010. The van der Waals surface area contributed by atoms with Crippen LogP contribution in [0.1, 0.15) is 47.6 Å². The van der Waals surface area contributed by atoms with Crippen molar-refractivity contribution in [1.82, 2.24) is 15.5 Å².